The van der Waals surface area contributed by atoms with Crippen molar-refractivity contribution in [3.8, 4) is 0 Å². The summed E-state index contributed by atoms with van der Waals surface area (Å²) in [5.41, 5.74) is 2.58. The molecule has 0 aliphatic carbocycles. The predicted molar refractivity (Wildman–Crippen MR) is 137 cm³/mol. The highest BCUT2D eigenvalue weighted by atomic mass is 127. The molecule has 31 heavy (non-hydrogen) atoms. The third kappa shape index (κ3) is 6.57. The van der Waals surface area contributed by atoms with E-state index < -0.39 is 0 Å². The molecule has 0 saturated carbocycles. The molecule has 1 N–H and O–H groups in total. The maximum Gasteiger partial charge on any atom is 0.223 e. The normalized spacial score (nSPS) is 21.7. The minimum Gasteiger partial charge on any atom is -0.356 e. The number of hydrogen-bond acceptors (Lipinski definition) is 3. The predicted octanol–water partition coefficient (Wildman–Crippen LogP) is 3.31. The van der Waals surface area contributed by atoms with Gasteiger partial charge in [-0.3, -0.25) is 9.79 Å². The fourth-order valence-corrected chi connectivity index (χ4v) is 5.12. The van der Waals surface area contributed by atoms with Crippen molar-refractivity contribution in [3.63, 3.8) is 0 Å². The summed E-state index contributed by atoms with van der Waals surface area (Å²) in [4.78, 5) is 24.1. The highest BCUT2D eigenvalue weighted by Gasteiger charge is 2.27. The molecule has 1 unspecified atom stereocenters. The van der Waals surface area contributed by atoms with E-state index in [0.717, 1.165) is 51.0 Å². The number of carbonyl (C=O) groups is 1. The number of guanidine groups is 1. The molecule has 0 aromatic heterocycles. The summed E-state index contributed by atoms with van der Waals surface area (Å²) in [7, 11) is 1.87. The number of hydrogen-bond donors (Lipinski definition) is 1. The van der Waals surface area contributed by atoms with Gasteiger partial charge >= 0.3 is 0 Å². The highest BCUT2D eigenvalue weighted by Crippen LogP contribution is 2.23. The lowest BCUT2D eigenvalue weighted by atomic mass is 10.1. The number of piperidine rings is 1. The molecule has 172 valence electrons. The van der Waals surface area contributed by atoms with Gasteiger partial charge in [0, 0.05) is 52.7 Å². The molecule has 1 amide bonds. The van der Waals surface area contributed by atoms with E-state index in [0.29, 0.717) is 6.42 Å². The molecule has 3 aliphatic rings. The largest absolute Gasteiger partial charge is 0.356 e. The summed E-state index contributed by atoms with van der Waals surface area (Å²) in [6.45, 7) is 8.29. The molecular formula is C24H38IN5O. The molecule has 7 heteroatoms. The molecule has 0 radical (unpaired) electrons. The smallest absolute Gasteiger partial charge is 0.223 e. The van der Waals surface area contributed by atoms with Crippen LogP contribution >= 0.6 is 24.0 Å². The van der Waals surface area contributed by atoms with Crippen molar-refractivity contribution in [3.05, 3.63) is 35.4 Å². The van der Waals surface area contributed by atoms with Gasteiger partial charge in [0.15, 0.2) is 5.96 Å². The van der Waals surface area contributed by atoms with Crippen molar-refractivity contribution in [2.45, 2.75) is 51.6 Å². The van der Waals surface area contributed by atoms with Crippen molar-refractivity contribution in [1.82, 2.24) is 20.0 Å². The Labute approximate surface area is 204 Å². The van der Waals surface area contributed by atoms with Gasteiger partial charge in [-0.1, -0.05) is 30.7 Å². The average molecular weight is 540 g/mol. The molecule has 3 heterocycles. The third-order valence-corrected chi connectivity index (χ3v) is 6.81. The molecule has 4 rings (SSSR count). The van der Waals surface area contributed by atoms with Crippen LogP contribution in [0.1, 0.15) is 49.7 Å². The molecule has 0 spiro atoms. The number of amides is 1. The second-order valence-corrected chi connectivity index (χ2v) is 9.06. The van der Waals surface area contributed by atoms with Crippen LogP contribution in [0.4, 0.5) is 0 Å². The van der Waals surface area contributed by atoms with Crippen LogP contribution in [0.25, 0.3) is 0 Å². The SMILES string of the molecule is CN=C(NCCCC(=O)N1Cc2ccccc2C1)N1CCC(CN2CCCCC2)C1.I. The van der Waals surface area contributed by atoms with Gasteiger partial charge in [-0.15, -0.1) is 24.0 Å². The Hall–Kier alpha value is -1.35. The number of carbonyl (C=O) groups excluding carboxylic acids is 1. The van der Waals surface area contributed by atoms with Crippen LogP contribution in [0, 0.1) is 5.92 Å². The van der Waals surface area contributed by atoms with E-state index in [1.54, 1.807) is 0 Å². The zero-order valence-corrected chi connectivity index (χ0v) is 21.2. The summed E-state index contributed by atoms with van der Waals surface area (Å²) in [5.74, 6) is 2.00. The monoisotopic (exact) mass is 539 g/mol. The van der Waals surface area contributed by atoms with E-state index in [2.05, 4.69) is 44.4 Å². The molecule has 1 aromatic rings. The van der Waals surface area contributed by atoms with E-state index >= 15 is 0 Å². The van der Waals surface area contributed by atoms with Gasteiger partial charge in [0.25, 0.3) is 0 Å². The highest BCUT2D eigenvalue weighted by molar-refractivity contribution is 14.0. The summed E-state index contributed by atoms with van der Waals surface area (Å²) < 4.78 is 0. The Bertz CT molecular complexity index is 724. The van der Waals surface area contributed by atoms with Gasteiger partial charge in [0.05, 0.1) is 0 Å². The fraction of sp³-hybridized carbons (Fsp3) is 0.667. The lowest BCUT2D eigenvalue weighted by molar-refractivity contribution is -0.131. The first-order valence-corrected chi connectivity index (χ1v) is 11.8. The van der Waals surface area contributed by atoms with Crippen LogP contribution in [0.15, 0.2) is 29.3 Å². The van der Waals surface area contributed by atoms with E-state index in [1.807, 2.05) is 11.9 Å². The van der Waals surface area contributed by atoms with Gasteiger partial charge < -0.3 is 20.0 Å². The molecule has 1 atom stereocenters. The number of nitrogens with one attached hydrogen (secondary N) is 1. The van der Waals surface area contributed by atoms with Crippen LogP contribution in [0.5, 0.6) is 0 Å². The Morgan fingerprint density at radius 3 is 2.45 bits per heavy atom. The van der Waals surface area contributed by atoms with E-state index in [9.17, 15) is 4.79 Å². The Balaban J connectivity index is 0.00000272. The van der Waals surface area contributed by atoms with Crippen molar-refractivity contribution in [2.24, 2.45) is 10.9 Å². The standard InChI is InChI=1S/C24H37N5O.HI/c1-25-24(28-15-11-20(17-28)16-27-13-5-2-6-14-27)26-12-7-10-23(30)29-18-21-8-3-4-9-22(21)19-29;/h3-4,8-9,20H,2,5-7,10-19H2,1H3,(H,25,26);1H. The minimum absolute atomic E-state index is 0. The van der Waals surface area contributed by atoms with E-state index in [1.165, 1.54) is 56.4 Å². The maximum atomic E-state index is 12.6. The van der Waals surface area contributed by atoms with Gasteiger partial charge in [-0.25, -0.2) is 0 Å². The first-order valence-electron chi connectivity index (χ1n) is 11.8. The van der Waals surface area contributed by atoms with Crippen LogP contribution in [-0.2, 0) is 17.9 Å². The second kappa shape index (κ2) is 12.0. The van der Waals surface area contributed by atoms with Crippen LogP contribution in [0.2, 0.25) is 0 Å². The van der Waals surface area contributed by atoms with Crippen molar-refractivity contribution in [1.29, 1.82) is 0 Å². The van der Waals surface area contributed by atoms with E-state index in [-0.39, 0.29) is 29.9 Å². The van der Waals surface area contributed by atoms with Crippen molar-refractivity contribution >= 4 is 35.8 Å². The Kier molecular flexibility index (Phi) is 9.44. The molecule has 1 aromatic carbocycles. The summed E-state index contributed by atoms with van der Waals surface area (Å²) in [5, 5.41) is 3.49. The number of nitrogens with zero attached hydrogens (tertiary/aromatic N) is 4. The van der Waals surface area contributed by atoms with Crippen molar-refractivity contribution < 1.29 is 4.79 Å². The number of aliphatic imine (C=N–C) groups is 1. The van der Waals surface area contributed by atoms with Crippen LogP contribution in [-0.4, -0.2) is 72.9 Å². The number of benzene rings is 1. The molecule has 6 nitrogen and oxygen atoms in total. The van der Waals surface area contributed by atoms with Crippen LogP contribution in [0.3, 0.4) is 0 Å². The zero-order chi connectivity index (χ0) is 20.8. The number of likely N-dealkylation sites (tertiary alicyclic amines) is 2. The molecule has 0 bridgehead atoms. The second-order valence-electron chi connectivity index (χ2n) is 9.06. The first-order chi connectivity index (χ1) is 14.7. The van der Waals surface area contributed by atoms with Gasteiger partial charge in [-0.05, 0) is 55.8 Å². The third-order valence-electron chi connectivity index (χ3n) is 6.81. The minimum atomic E-state index is 0. The first kappa shape index (κ1) is 24.3. The lowest BCUT2D eigenvalue weighted by Crippen LogP contribution is -2.41. The zero-order valence-electron chi connectivity index (χ0n) is 18.9. The Morgan fingerprint density at radius 2 is 1.77 bits per heavy atom. The van der Waals surface area contributed by atoms with E-state index in [4.69, 9.17) is 0 Å². The lowest BCUT2D eigenvalue weighted by Gasteiger charge is -2.29. The molecular weight excluding hydrogens is 501 g/mol. The fourth-order valence-electron chi connectivity index (χ4n) is 5.12. The number of halogens is 1. The summed E-state index contributed by atoms with van der Waals surface area (Å²) in [6.07, 6.45) is 6.82. The van der Waals surface area contributed by atoms with Gasteiger partial charge in [0.1, 0.15) is 0 Å². The summed E-state index contributed by atoms with van der Waals surface area (Å²) in [6, 6.07) is 8.36. The molecule has 2 saturated heterocycles. The maximum absolute atomic E-state index is 12.6. The summed E-state index contributed by atoms with van der Waals surface area (Å²) >= 11 is 0. The number of rotatable bonds is 6. The topological polar surface area (TPSA) is 51.2 Å². The Morgan fingerprint density at radius 1 is 1.06 bits per heavy atom. The number of fused-ring (bicyclic) bond motifs is 1. The molecule has 2 fully saturated rings. The average Bonchev–Trinajstić information content (AvgIpc) is 3.41. The molecule has 3 aliphatic heterocycles. The van der Waals surface area contributed by atoms with Crippen LogP contribution < -0.4 is 5.32 Å². The quantitative estimate of drug-likeness (QED) is 0.261. The van der Waals surface area contributed by atoms with Gasteiger partial charge in [0.2, 0.25) is 5.91 Å². The van der Waals surface area contributed by atoms with Gasteiger partial charge in [-0.2, -0.15) is 0 Å². The van der Waals surface area contributed by atoms with Crippen molar-refractivity contribution in [2.75, 3.05) is 46.3 Å².